The summed E-state index contributed by atoms with van der Waals surface area (Å²) in [6, 6.07) is 43.9. The Morgan fingerprint density at radius 2 is 0.941 bits per heavy atom. The van der Waals surface area contributed by atoms with Gasteiger partial charge in [-0.25, -0.2) is 52.2 Å². The van der Waals surface area contributed by atoms with E-state index in [0.29, 0.717) is 91.1 Å². The van der Waals surface area contributed by atoms with Crippen LogP contribution in [0.1, 0.15) is 93.1 Å². The first-order chi connectivity index (χ1) is 56.8. The highest BCUT2D eigenvalue weighted by Crippen LogP contribution is 2.42. The number of para-hydroxylation sites is 1. The zero-order chi connectivity index (χ0) is 82.5. The second-order valence-electron chi connectivity index (χ2n) is 32.1. The number of urea groups is 1. The standard InChI is InChI=1S/C30H33N7O3.C30H31N7O3.C27H28N8O2S/c1-19-26(40-18-30(2,3)38)10-25(29-22(11-31)14-34-37(19)29)21-6-7-27(32-13-21)35-16-23-9-24(17-35)36(23)15-20-5-8-28(39-4)33-12-20;1-19-26(40-18-30(2,3)39)12-25(28-21(13-31)15-33-37(19)28)20-9-10-27(32-14-20)35-16-23-11-24(17-35)36(23)29(38)34-22-7-5-4-6-8-22;1-3-38(29,36)23-9-24(27-20(10-28)13-32-35(27)17-23)19-5-6-25(30-12-19)33-15-21-8-22(16-33)34(21)14-18-4-7-26(37-2)31-11-18/h5-8,10,12-14,23-24,38H,9,15-18H2,1-4H3;4-10,12,14-15,23-24,39H,11,16-18H2,1-3H3,(H,34,38);4-7,9,11-13,17,21-22,29H,3,8,14-16H2,1-2H3. The van der Waals surface area contributed by atoms with Gasteiger partial charge in [-0.1, -0.05) is 37.3 Å². The number of aromatic nitrogens is 11. The molecule has 7 unspecified atom stereocenters. The third kappa shape index (κ3) is 16.0. The molecule has 118 heavy (non-hydrogen) atoms. The number of piperazine rings is 3. The Bertz CT molecular complexity index is 5940. The number of fused-ring (bicyclic) bond motifs is 9. The number of benzene rings is 1. The summed E-state index contributed by atoms with van der Waals surface area (Å²) in [5, 5.41) is 65.6. The number of methoxy groups -OCH3 is 2. The summed E-state index contributed by atoms with van der Waals surface area (Å²) in [5.74, 6) is 5.34. The van der Waals surface area contributed by atoms with Crippen molar-refractivity contribution in [3.05, 3.63) is 204 Å². The molecule has 4 N–H and O–H groups in total. The Morgan fingerprint density at radius 3 is 1.32 bits per heavy atom. The fourth-order valence-electron chi connectivity index (χ4n) is 16.7. The third-order valence-corrected chi connectivity index (χ3v) is 24.7. The van der Waals surface area contributed by atoms with Gasteiger partial charge >= 0.3 is 6.03 Å². The zero-order valence-corrected chi connectivity index (χ0v) is 68.0. The summed E-state index contributed by atoms with van der Waals surface area (Å²) in [6.07, 6.45) is 18.8. The van der Waals surface area contributed by atoms with E-state index in [-0.39, 0.29) is 37.1 Å². The number of carbonyl (C=O) groups is 1. The van der Waals surface area contributed by atoms with Gasteiger partial charge in [0.25, 0.3) is 0 Å². The zero-order valence-electron chi connectivity index (χ0n) is 67.1. The van der Waals surface area contributed by atoms with Gasteiger partial charge in [0.05, 0.1) is 115 Å². The molecule has 11 aromatic heterocycles. The Kier molecular flexibility index (Phi) is 21.7. The summed E-state index contributed by atoms with van der Waals surface area (Å²) < 4.78 is 48.4. The van der Waals surface area contributed by atoms with E-state index in [4.69, 9.17) is 38.7 Å². The van der Waals surface area contributed by atoms with Crippen molar-refractivity contribution in [2.75, 3.05) is 92.5 Å². The van der Waals surface area contributed by atoms with Crippen molar-refractivity contribution in [3.63, 3.8) is 0 Å². The maximum absolute atomic E-state index is 12.9. The van der Waals surface area contributed by atoms with Gasteiger partial charge in [0, 0.05) is 171 Å². The molecule has 21 rings (SSSR count). The molecule has 0 spiro atoms. The summed E-state index contributed by atoms with van der Waals surface area (Å²) >= 11 is 0. The maximum Gasteiger partial charge on any atom is 0.322 e. The smallest absolute Gasteiger partial charge is 0.322 e. The number of carbonyl (C=O) groups excluding carboxylic acids is 1. The van der Waals surface area contributed by atoms with Gasteiger partial charge in [0.1, 0.15) is 60.4 Å². The van der Waals surface area contributed by atoms with Crippen molar-refractivity contribution in [1.29, 1.82) is 20.6 Å². The van der Waals surface area contributed by atoms with Crippen LogP contribution in [0.2, 0.25) is 0 Å². The highest BCUT2D eigenvalue weighted by atomic mass is 32.2. The topological polar surface area (TPSA) is 355 Å². The number of hydrogen-bond donors (Lipinski definition) is 4. The molecule has 9 aliphatic rings. The Balaban J connectivity index is 0.000000132. The number of nitrogens with one attached hydrogen (secondary N) is 2. The van der Waals surface area contributed by atoms with E-state index < -0.39 is 20.9 Å². The molecule has 0 aliphatic carbocycles. The van der Waals surface area contributed by atoms with Crippen molar-refractivity contribution in [3.8, 4) is 74.8 Å². The van der Waals surface area contributed by atoms with E-state index in [1.54, 1.807) is 99.4 Å². The van der Waals surface area contributed by atoms with Crippen LogP contribution in [-0.2, 0) is 22.8 Å². The lowest BCUT2D eigenvalue weighted by molar-refractivity contribution is -0.00879. The van der Waals surface area contributed by atoms with Crippen LogP contribution in [-0.4, -0.2) is 209 Å². The quantitative estimate of drug-likeness (QED) is 0.0519. The lowest BCUT2D eigenvalue weighted by Gasteiger charge is -2.56. The van der Waals surface area contributed by atoms with Gasteiger partial charge in [0.2, 0.25) is 11.8 Å². The van der Waals surface area contributed by atoms with Gasteiger partial charge in [-0.15, -0.1) is 0 Å². The van der Waals surface area contributed by atoms with Gasteiger partial charge in [-0.05, 0) is 139 Å². The normalized spacial score (nSPS) is 19.2. The van der Waals surface area contributed by atoms with Crippen LogP contribution >= 0.6 is 0 Å². The number of anilines is 4. The largest absolute Gasteiger partial charge is 0.489 e. The second-order valence-corrected chi connectivity index (χ2v) is 34.5. The minimum Gasteiger partial charge on any atom is -0.489 e. The van der Waals surface area contributed by atoms with Crippen LogP contribution in [0.5, 0.6) is 23.3 Å². The van der Waals surface area contributed by atoms with E-state index in [0.717, 1.165) is 121 Å². The summed E-state index contributed by atoms with van der Waals surface area (Å²) in [7, 11) is 0.290. The molecular weight excluding hydrogens is 1510 g/mol. The molecule has 30 nitrogen and oxygen atoms in total. The first-order valence-electron chi connectivity index (χ1n) is 39.3. The minimum absolute atomic E-state index is 0.0597. The minimum atomic E-state index is -2.96. The Hall–Kier alpha value is -12.8. The SMILES string of the molecule is CCS(=N)(=O)c1cc(-c2ccc(N3CC4CC(C3)N4Cc3ccc(OC)nc3)nc2)c2c(C#N)cnn2c1.COc1ccc(CN2C3CC2CN(c2ccc(-c4cc(OCC(C)(C)O)c(C)n5ncc(C#N)c45)cn2)C3)cn1.Cc1c(OCC(C)(C)O)cc(-c2ccc(N3CC4CC(C3)N4C(=O)Nc3ccccc3)nc2)c2c(C#N)cnn12. The molecule has 1 aromatic carbocycles. The number of pyridine rings is 8. The summed E-state index contributed by atoms with van der Waals surface area (Å²) in [4.78, 5) is 50.2. The number of rotatable bonds is 21. The van der Waals surface area contributed by atoms with Crippen molar-refractivity contribution in [2.24, 2.45) is 0 Å². The number of aliphatic hydroxyl groups is 2. The molecule has 12 aromatic rings. The second kappa shape index (κ2) is 32.3. The third-order valence-electron chi connectivity index (χ3n) is 22.9. The van der Waals surface area contributed by atoms with Crippen LogP contribution in [0.25, 0.3) is 49.9 Å². The number of nitriles is 3. The fourth-order valence-corrected chi connectivity index (χ4v) is 17.6. The summed E-state index contributed by atoms with van der Waals surface area (Å²) in [6.45, 7) is 19.4. The average molecular weight is 1610 g/mol. The molecule has 0 saturated carbocycles. The number of ether oxygens (including phenoxy) is 4. The molecule has 20 heterocycles. The monoisotopic (exact) mass is 1600 g/mol. The van der Waals surface area contributed by atoms with Gasteiger partial charge in [0.15, 0.2) is 0 Å². The molecule has 31 heteroatoms. The first kappa shape index (κ1) is 79.0. The van der Waals surface area contributed by atoms with E-state index in [9.17, 15) is 35.0 Å². The Labute approximate surface area is 683 Å². The first-order valence-corrected chi connectivity index (χ1v) is 41.1. The molecule has 7 atom stereocenters. The van der Waals surface area contributed by atoms with Crippen LogP contribution in [0, 0.1) is 52.6 Å². The fraction of sp³-hybridized carbons (Fsp3) is 0.356. The molecule has 6 bridgehead atoms. The lowest BCUT2D eigenvalue weighted by Crippen LogP contribution is -2.71. The molecule has 604 valence electrons. The number of piperidine rings is 3. The molecule has 9 saturated heterocycles. The highest BCUT2D eigenvalue weighted by molar-refractivity contribution is 7.92. The molecule has 9 aliphatic heterocycles. The molecular formula is C87H92N22O8S. The predicted molar refractivity (Wildman–Crippen MR) is 445 cm³/mol. The number of aryl methyl sites for hydroxylation is 2. The average Bonchev–Trinajstić information content (AvgIpc) is 0.939. The van der Waals surface area contributed by atoms with E-state index in [2.05, 4.69) is 85.4 Å². The van der Waals surface area contributed by atoms with Crippen LogP contribution in [0.15, 0.2) is 170 Å². The Morgan fingerprint density at radius 1 is 0.534 bits per heavy atom. The molecule has 0 radical (unpaired) electrons. The molecule has 9 fully saturated rings. The van der Waals surface area contributed by atoms with Crippen molar-refractivity contribution >= 4 is 55.5 Å². The lowest BCUT2D eigenvalue weighted by atomic mass is 9.87. The highest BCUT2D eigenvalue weighted by Gasteiger charge is 2.49. The van der Waals surface area contributed by atoms with Crippen molar-refractivity contribution < 1.29 is 38.2 Å². The van der Waals surface area contributed by atoms with Crippen molar-refractivity contribution in [2.45, 2.75) is 133 Å². The number of hydrogen-bond acceptors (Lipinski definition) is 25. The van der Waals surface area contributed by atoms with Crippen LogP contribution < -0.4 is 39.0 Å². The van der Waals surface area contributed by atoms with Gasteiger partial charge < -0.3 is 54.1 Å². The number of nitrogens with zero attached hydrogens (tertiary/aromatic N) is 20. The van der Waals surface area contributed by atoms with Crippen molar-refractivity contribution in [1.82, 2.24) is 68.5 Å². The summed E-state index contributed by atoms with van der Waals surface area (Å²) in [5.41, 5.74) is 10.8. The van der Waals surface area contributed by atoms with E-state index >= 15 is 0 Å². The predicted octanol–water partition coefficient (Wildman–Crippen LogP) is 11.4. The van der Waals surface area contributed by atoms with E-state index in [1.165, 1.54) is 30.2 Å². The maximum atomic E-state index is 12.9. The van der Waals surface area contributed by atoms with Gasteiger partial charge in [-0.3, -0.25) is 9.80 Å². The van der Waals surface area contributed by atoms with E-state index in [1.807, 2.05) is 128 Å². The number of amides is 2. The van der Waals surface area contributed by atoms with Crippen LogP contribution in [0.3, 0.4) is 0 Å². The molecule has 2 amide bonds. The van der Waals surface area contributed by atoms with Gasteiger partial charge in [-0.2, -0.15) is 31.1 Å². The van der Waals surface area contributed by atoms with Crippen LogP contribution in [0.4, 0.5) is 27.9 Å².